The number of carbonyl (C=O) groups is 3. The molecule has 3 N–H and O–H groups in total. The van der Waals surface area contributed by atoms with E-state index in [4.69, 9.17) is 4.74 Å². The number of hydrogen-bond acceptors (Lipinski definition) is 9. The smallest absolute Gasteiger partial charge is 0.423 e. The number of phenolic OH excluding ortho intramolecular Hbond substituents is 1. The molecule has 218 valence electrons. The summed E-state index contributed by atoms with van der Waals surface area (Å²) in [5, 5.41) is 32.2. The van der Waals surface area contributed by atoms with Crippen LogP contribution in [0.5, 0.6) is 11.5 Å². The van der Waals surface area contributed by atoms with Crippen molar-refractivity contribution in [3.05, 3.63) is 62.5 Å². The van der Waals surface area contributed by atoms with E-state index in [1.165, 1.54) is 7.11 Å². The minimum atomic E-state index is -1.04. The van der Waals surface area contributed by atoms with E-state index >= 15 is 0 Å². The lowest BCUT2D eigenvalue weighted by atomic mass is 9.67. The second-order valence-electron chi connectivity index (χ2n) is 10.0. The predicted molar refractivity (Wildman–Crippen MR) is 158 cm³/mol. The topological polar surface area (TPSA) is 146 Å². The van der Waals surface area contributed by atoms with Gasteiger partial charge in [0.1, 0.15) is 0 Å². The molecule has 0 saturated carbocycles. The number of halogens is 1. The molecule has 3 amide bonds. The first-order valence-corrected chi connectivity index (χ1v) is 14.4. The number of carbonyl (C=O) groups excluding carboxylic acids is 3. The lowest BCUT2D eigenvalue weighted by molar-refractivity contribution is -0.137. The summed E-state index contributed by atoms with van der Waals surface area (Å²) in [5.41, 5.74) is 3.65. The van der Waals surface area contributed by atoms with Crippen LogP contribution in [0, 0.1) is 21.3 Å². The highest BCUT2D eigenvalue weighted by Gasteiger charge is 2.57. The normalized spacial score (nSPS) is 21.7. The molecular weight excluding hydrogens is 643 g/mol. The number of benzene rings is 1. The van der Waals surface area contributed by atoms with Crippen LogP contribution in [0.1, 0.15) is 43.9 Å². The number of ether oxygens (including phenoxy) is 2. The van der Waals surface area contributed by atoms with Crippen LogP contribution in [0.3, 0.4) is 0 Å². The summed E-state index contributed by atoms with van der Waals surface area (Å²) < 4.78 is 10.6. The number of amides is 3. The van der Waals surface area contributed by atoms with Crippen molar-refractivity contribution in [1.29, 1.82) is 0 Å². The molecule has 0 radical (unpaired) electrons. The Morgan fingerprint density at radius 1 is 1.24 bits per heavy atom. The summed E-state index contributed by atoms with van der Waals surface area (Å²) in [7, 11) is 2.58. The van der Waals surface area contributed by atoms with E-state index in [1.807, 2.05) is 59.9 Å². The van der Waals surface area contributed by atoms with Gasteiger partial charge in [0, 0.05) is 12.1 Å². The number of pyridine rings is 1. The number of imide groups is 3. The maximum absolute atomic E-state index is 13.2. The third-order valence-corrected chi connectivity index (χ3v) is 8.64. The zero-order chi connectivity index (χ0) is 29.8. The fraction of sp³-hybridized carbons (Fsp3) is 0.400. The van der Waals surface area contributed by atoms with Gasteiger partial charge >= 0.3 is 6.09 Å². The third-order valence-electron chi connectivity index (χ3n) is 7.82. The number of aliphatic hydroxyl groups excluding tert-OH is 2. The van der Waals surface area contributed by atoms with E-state index in [1.54, 1.807) is 12.3 Å². The van der Waals surface area contributed by atoms with E-state index in [0.29, 0.717) is 38.3 Å². The Morgan fingerprint density at radius 3 is 2.61 bits per heavy atom. The Balaban J connectivity index is 1.65. The Bertz CT molecular complexity index is 1390. The van der Waals surface area contributed by atoms with Crippen LogP contribution in [-0.4, -0.2) is 70.0 Å². The van der Waals surface area contributed by atoms with Crippen LogP contribution in [0.2, 0.25) is 0 Å². The molecule has 0 bridgehead atoms. The Kier molecular flexibility index (Phi) is 9.82. The minimum absolute atomic E-state index is 0.0513. The number of allylic oxidation sites excluding steroid dienone is 2. The van der Waals surface area contributed by atoms with Crippen molar-refractivity contribution in [2.24, 2.45) is 17.8 Å². The molecule has 2 aromatic rings. The van der Waals surface area contributed by atoms with E-state index in [-0.39, 0.29) is 18.6 Å². The monoisotopic (exact) mass is 676 g/mol. The van der Waals surface area contributed by atoms with Crippen molar-refractivity contribution in [3.8, 4) is 11.5 Å². The molecular formula is C30H33IN2O8. The first-order chi connectivity index (χ1) is 19.7. The summed E-state index contributed by atoms with van der Waals surface area (Å²) >= 11 is 2.03. The third kappa shape index (κ3) is 6.02. The zero-order valence-corrected chi connectivity index (χ0v) is 25.2. The molecule has 1 aromatic carbocycles. The standard InChI is InChI=1S/C30H33IN2O8/c1-4-17-14-19-26(29(38)33(28(19)37)30(39)41-3)20(15-34)25(17)23(35)9-8-18(22-7-5-6-10-32-22)11-16-12-21(31)27(36)24(13-16)40-2/h5-7,10-13,19-20,23,26,34-36H,4,8-9,14-15H2,1-3H3/b18-11-/t19-,20+,23-,26-/m1/s1. The number of phenols is 1. The molecule has 1 aliphatic heterocycles. The molecule has 1 saturated heterocycles. The first-order valence-electron chi connectivity index (χ1n) is 13.3. The van der Waals surface area contributed by atoms with Gasteiger partial charge in [-0.3, -0.25) is 14.6 Å². The Morgan fingerprint density at radius 2 is 2.00 bits per heavy atom. The molecule has 10 nitrogen and oxygen atoms in total. The van der Waals surface area contributed by atoms with Crippen molar-refractivity contribution in [2.45, 2.75) is 38.7 Å². The van der Waals surface area contributed by atoms with Gasteiger partial charge < -0.3 is 24.8 Å². The summed E-state index contributed by atoms with van der Waals surface area (Å²) in [6.45, 7) is 1.44. The SMILES string of the molecule is CCC1=C([C@H](O)CC/C(=C/c2cc(I)c(O)c(OC)c2)c2ccccn2)[C@H](CO)[C@@H]2C(=O)N(C(=O)OC)C(=O)[C@@H]2C1. The number of aromatic hydroxyl groups is 1. The van der Waals surface area contributed by atoms with Gasteiger partial charge in [0.2, 0.25) is 11.8 Å². The number of rotatable bonds is 9. The van der Waals surface area contributed by atoms with Gasteiger partial charge in [0.05, 0.1) is 48.0 Å². The molecule has 41 heavy (non-hydrogen) atoms. The van der Waals surface area contributed by atoms with Gasteiger partial charge in [-0.25, -0.2) is 4.79 Å². The number of nitrogens with zero attached hydrogens (tertiary/aromatic N) is 2. The van der Waals surface area contributed by atoms with Gasteiger partial charge in [-0.15, -0.1) is 0 Å². The van der Waals surface area contributed by atoms with Crippen LogP contribution >= 0.6 is 22.6 Å². The average molecular weight is 677 g/mol. The molecule has 4 rings (SSSR count). The number of methoxy groups -OCH3 is 2. The molecule has 0 unspecified atom stereocenters. The van der Waals surface area contributed by atoms with Crippen molar-refractivity contribution >= 4 is 52.1 Å². The Hall–Kier alpha value is -3.29. The van der Waals surface area contributed by atoms with Crippen LogP contribution in [0.4, 0.5) is 4.79 Å². The van der Waals surface area contributed by atoms with Crippen LogP contribution in [0.15, 0.2) is 47.7 Å². The highest BCUT2D eigenvalue weighted by atomic mass is 127. The summed E-state index contributed by atoms with van der Waals surface area (Å²) in [6.07, 6.45) is 2.92. The number of aromatic nitrogens is 1. The predicted octanol–water partition coefficient (Wildman–Crippen LogP) is 4.17. The number of hydrogen-bond donors (Lipinski definition) is 3. The van der Waals surface area contributed by atoms with Crippen molar-refractivity contribution in [2.75, 3.05) is 20.8 Å². The highest BCUT2D eigenvalue weighted by Crippen LogP contribution is 2.47. The summed E-state index contributed by atoms with van der Waals surface area (Å²) in [6, 6.07) is 9.07. The second kappa shape index (κ2) is 13.1. The van der Waals surface area contributed by atoms with Crippen molar-refractivity contribution in [3.63, 3.8) is 0 Å². The molecule has 4 atom stereocenters. The van der Waals surface area contributed by atoms with Crippen LogP contribution < -0.4 is 4.74 Å². The summed E-state index contributed by atoms with van der Waals surface area (Å²) in [5.74, 6) is -3.52. The van der Waals surface area contributed by atoms with Crippen molar-refractivity contribution in [1.82, 2.24) is 9.88 Å². The van der Waals surface area contributed by atoms with Gasteiger partial charge in [0.15, 0.2) is 11.5 Å². The quantitative estimate of drug-likeness (QED) is 0.202. The van der Waals surface area contributed by atoms with E-state index < -0.39 is 48.4 Å². The maximum atomic E-state index is 13.2. The first kappa shape index (κ1) is 30.7. The van der Waals surface area contributed by atoms with E-state index in [2.05, 4.69) is 9.72 Å². The molecule has 2 aliphatic rings. The molecule has 2 heterocycles. The fourth-order valence-corrected chi connectivity index (χ4v) is 6.50. The highest BCUT2D eigenvalue weighted by molar-refractivity contribution is 14.1. The summed E-state index contributed by atoms with van der Waals surface area (Å²) in [4.78, 5) is 43.4. The van der Waals surface area contributed by atoms with Gasteiger partial charge in [-0.1, -0.05) is 18.6 Å². The average Bonchev–Trinajstić information content (AvgIpc) is 3.24. The zero-order valence-electron chi connectivity index (χ0n) is 23.0. The molecule has 1 aliphatic carbocycles. The van der Waals surface area contributed by atoms with E-state index in [9.17, 15) is 29.7 Å². The van der Waals surface area contributed by atoms with Crippen molar-refractivity contribution < 1.29 is 39.2 Å². The lowest BCUT2D eigenvalue weighted by Gasteiger charge is -2.36. The molecule has 11 heteroatoms. The lowest BCUT2D eigenvalue weighted by Crippen LogP contribution is -2.40. The molecule has 0 spiro atoms. The second-order valence-corrected chi connectivity index (χ2v) is 11.2. The molecule has 1 fully saturated rings. The minimum Gasteiger partial charge on any atom is -0.504 e. The fourth-order valence-electron chi connectivity index (χ4n) is 5.88. The number of fused-ring (bicyclic) bond motifs is 1. The van der Waals surface area contributed by atoms with E-state index in [0.717, 1.165) is 23.8 Å². The number of likely N-dealkylation sites (tertiary alicyclic amines) is 1. The maximum Gasteiger partial charge on any atom is 0.423 e. The Labute approximate surface area is 251 Å². The van der Waals surface area contributed by atoms with Gasteiger partial charge in [0.25, 0.3) is 0 Å². The number of aliphatic hydroxyl groups is 2. The van der Waals surface area contributed by atoms with Gasteiger partial charge in [-0.05, 0) is 95.3 Å². The van der Waals surface area contributed by atoms with Gasteiger partial charge in [-0.2, -0.15) is 4.90 Å². The largest absolute Gasteiger partial charge is 0.504 e. The molecule has 1 aromatic heterocycles. The van der Waals surface area contributed by atoms with Crippen LogP contribution in [0.25, 0.3) is 11.6 Å². The van der Waals surface area contributed by atoms with Crippen LogP contribution in [-0.2, 0) is 14.3 Å².